The highest BCUT2D eigenvalue weighted by atomic mass is 16.5. The van der Waals surface area contributed by atoms with Gasteiger partial charge in [-0.05, 0) is 24.3 Å². The molecule has 0 aliphatic rings. The maximum absolute atomic E-state index is 11.5. The summed E-state index contributed by atoms with van der Waals surface area (Å²) < 4.78 is 5.16. The summed E-state index contributed by atoms with van der Waals surface area (Å²) in [5, 5.41) is 0. The second-order valence-corrected chi connectivity index (χ2v) is 4.11. The molecule has 4 heteroatoms. The predicted molar refractivity (Wildman–Crippen MR) is 71.5 cm³/mol. The number of aryl methyl sites for hydroxylation is 1. The average molecular weight is 256 g/mol. The lowest BCUT2D eigenvalue weighted by molar-refractivity contribution is -0.143. The van der Waals surface area contributed by atoms with Crippen LogP contribution in [0.25, 0.3) is 0 Å². The van der Waals surface area contributed by atoms with Gasteiger partial charge in [0.2, 0.25) is 0 Å². The van der Waals surface area contributed by atoms with Crippen molar-refractivity contribution >= 4 is 5.97 Å². The summed E-state index contributed by atoms with van der Waals surface area (Å²) in [5.41, 5.74) is 1.84. The first-order valence-electron chi connectivity index (χ1n) is 6.30. The van der Waals surface area contributed by atoms with E-state index in [9.17, 15) is 4.79 Å². The van der Waals surface area contributed by atoms with Gasteiger partial charge in [-0.3, -0.25) is 14.8 Å². The SMILES string of the molecule is O=C(CCc1ccccn1)OCCc1ccccn1. The Morgan fingerprint density at radius 3 is 2.16 bits per heavy atom. The van der Waals surface area contributed by atoms with Crippen molar-refractivity contribution in [2.24, 2.45) is 0 Å². The third-order valence-corrected chi connectivity index (χ3v) is 2.66. The van der Waals surface area contributed by atoms with Crippen LogP contribution in [-0.2, 0) is 22.4 Å². The van der Waals surface area contributed by atoms with Gasteiger partial charge in [-0.15, -0.1) is 0 Å². The minimum Gasteiger partial charge on any atom is -0.465 e. The molecule has 98 valence electrons. The summed E-state index contributed by atoms with van der Waals surface area (Å²) in [6.45, 7) is 0.373. The molecule has 0 atom stereocenters. The van der Waals surface area contributed by atoms with E-state index in [2.05, 4.69) is 9.97 Å². The van der Waals surface area contributed by atoms with Gasteiger partial charge in [0.25, 0.3) is 0 Å². The number of ether oxygens (including phenoxy) is 1. The smallest absolute Gasteiger partial charge is 0.306 e. The number of nitrogens with zero attached hydrogens (tertiary/aromatic N) is 2. The molecule has 0 aromatic carbocycles. The normalized spacial score (nSPS) is 10.1. The van der Waals surface area contributed by atoms with Crippen LogP contribution in [0.5, 0.6) is 0 Å². The molecule has 2 heterocycles. The maximum atomic E-state index is 11.5. The molecule has 0 saturated heterocycles. The van der Waals surface area contributed by atoms with Gasteiger partial charge in [-0.25, -0.2) is 0 Å². The first kappa shape index (κ1) is 13.2. The van der Waals surface area contributed by atoms with E-state index in [0.717, 1.165) is 11.4 Å². The molecule has 0 spiro atoms. The highest BCUT2D eigenvalue weighted by Crippen LogP contribution is 2.01. The monoisotopic (exact) mass is 256 g/mol. The fraction of sp³-hybridized carbons (Fsp3) is 0.267. The van der Waals surface area contributed by atoms with E-state index in [1.807, 2.05) is 36.4 Å². The number of esters is 1. The molecule has 0 saturated carbocycles. The van der Waals surface area contributed by atoms with E-state index in [1.165, 1.54) is 0 Å². The molecule has 0 radical (unpaired) electrons. The van der Waals surface area contributed by atoms with Crippen molar-refractivity contribution < 1.29 is 9.53 Å². The van der Waals surface area contributed by atoms with Crippen molar-refractivity contribution in [3.05, 3.63) is 60.2 Å². The van der Waals surface area contributed by atoms with Gasteiger partial charge in [0.05, 0.1) is 13.0 Å². The second kappa shape index (κ2) is 7.26. The standard InChI is InChI=1S/C15H16N2O2/c18-15(8-7-13-5-1-3-10-16-13)19-12-9-14-6-2-4-11-17-14/h1-6,10-11H,7-9,12H2. The minimum atomic E-state index is -0.193. The van der Waals surface area contributed by atoms with Crippen molar-refractivity contribution in [2.45, 2.75) is 19.3 Å². The predicted octanol–water partition coefficient (Wildman–Crippen LogP) is 2.20. The zero-order valence-electron chi connectivity index (χ0n) is 10.7. The van der Waals surface area contributed by atoms with Crippen LogP contribution in [0.2, 0.25) is 0 Å². The van der Waals surface area contributed by atoms with Gasteiger partial charge >= 0.3 is 5.97 Å². The number of pyridine rings is 2. The summed E-state index contributed by atoms with van der Waals surface area (Å²) in [6.07, 6.45) is 5.08. The van der Waals surface area contributed by atoms with Gasteiger partial charge in [0.15, 0.2) is 0 Å². The highest BCUT2D eigenvalue weighted by molar-refractivity contribution is 5.69. The average Bonchev–Trinajstić information content (AvgIpc) is 2.47. The summed E-state index contributed by atoms with van der Waals surface area (Å²) in [5.74, 6) is -0.193. The molecule has 2 aromatic rings. The van der Waals surface area contributed by atoms with E-state index in [0.29, 0.717) is 25.9 Å². The number of hydrogen-bond donors (Lipinski definition) is 0. The fourth-order valence-corrected chi connectivity index (χ4v) is 1.66. The van der Waals surface area contributed by atoms with Crippen molar-refractivity contribution in [1.82, 2.24) is 9.97 Å². The number of carbonyl (C=O) groups excluding carboxylic acids is 1. The summed E-state index contributed by atoms with van der Waals surface area (Å²) in [7, 11) is 0. The van der Waals surface area contributed by atoms with Crippen LogP contribution in [0.1, 0.15) is 17.8 Å². The first-order chi connectivity index (χ1) is 9.34. The lowest BCUT2D eigenvalue weighted by Crippen LogP contribution is -2.09. The van der Waals surface area contributed by atoms with Crippen molar-refractivity contribution in [1.29, 1.82) is 0 Å². The summed E-state index contributed by atoms with van der Waals surface area (Å²) >= 11 is 0. The van der Waals surface area contributed by atoms with Crippen LogP contribution in [0.3, 0.4) is 0 Å². The number of carbonyl (C=O) groups is 1. The molecule has 0 N–H and O–H groups in total. The van der Waals surface area contributed by atoms with Crippen LogP contribution >= 0.6 is 0 Å². The molecule has 19 heavy (non-hydrogen) atoms. The second-order valence-electron chi connectivity index (χ2n) is 4.11. The number of aromatic nitrogens is 2. The zero-order valence-corrected chi connectivity index (χ0v) is 10.7. The van der Waals surface area contributed by atoms with E-state index in [-0.39, 0.29) is 5.97 Å². The van der Waals surface area contributed by atoms with Gasteiger partial charge in [0.1, 0.15) is 0 Å². The molecule has 0 unspecified atom stereocenters. The van der Waals surface area contributed by atoms with Crippen molar-refractivity contribution in [3.63, 3.8) is 0 Å². The molecule has 0 fully saturated rings. The topological polar surface area (TPSA) is 52.1 Å². The molecular formula is C15H16N2O2. The maximum Gasteiger partial charge on any atom is 0.306 e. The molecular weight excluding hydrogens is 240 g/mol. The summed E-state index contributed by atoms with van der Waals surface area (Å²) in [6, 6.07) is 11.4. The number of hydrogen-bond acceptors (Lipinski definition) is 4. The van der Waals surface area contributed by atoms with Crippen molar-refractivity contribution in [3.8, 4) is 0 Å². The largest absolute Gasteiger partial charge is 0.465 e. The van der Waals surface area contributed by atoms with Crippen LogP contribution in [0, 0.1) is 0 Å². The zero-order chi connectivity index (χ0) is 13.3. The Morgan fingerprint density at radius 2 is 1.58 bits per heavy atom. The van der Waals surface area contributed by atoms with Gasteiger partial charge < -0.3 is 4.74 Å². The highest BCUT2D eigenvalue weighted by Gasteiger charge is 2.04. The molecule has 0 amide bonds. The third kappa shape index (κ3) is 4.87. The Labute approximate surface area is 112 Å². The quantitative estimate of drug-likeness (QED) is 0.743. The Balaban J connectivity index is 1.65. The third-order valence-electron chi connectivity index (χ3n) is 2.66. The lowest BCUT2D eigenvalue weighted by atomic mass is 10.2. The van der Waals surface area contributed by atoms with Gasteiger partial charge in [-0.1, -0.05) is 12.1 Å². The van der Waals surface area contributed by atoms with E-state index in [1.54, 1.807) is 12.4 Å². The number of rotatable bonds is 6. The van der Waals surface area contributed by atoms with Crippen LogP contribution < -0.4 is 0 Å². The lowest BCUT2D eigenvalue weighted by Gasteiger charge is -2.04. The molecule has 4 nitrogen and oxygen atoms in total. The van der Waals surface area contributed by atoms with Crippen LogP contribution in [-0.4, -0.2) is 22.5 Å². The van der Waals surface area contributed by atoms with Crippen molar-refractivity contribution in [2.75, 3.05) is 6.61 Å². The summed E-state index contributed by atoms with van der Waals surface area (Å²) in [4.78, 5) is 19.9. The minimum absolute atomic E-state index is 0.193. The van der Waals surface area contributed by atoms with E-state index < -0.39 is 0 Å². The molecule has 2 aromatic heterocycles. The molecule has 2 rings (SSSR count). The Morgan fingerprint density at radius 1 is 0.947 bits per heavy atom. The molecule has 0 bridgehead atoms. The van der Waals surface area contributed by atoms with E-state index >= 15 is 0 Å². The molecule has 0 aliphatic heterocycles. The van der Waals surface area contributed by atoms with Gasteiger partial charge in [-0.2, -0.15) is 0 Å². The fourth-order valence-electron chi connectivity index (χ4n) is 1.66. The Kier molecular flexibility index (Phi) is 5.05. The van der Waals surface area contributed by atoms with Crippen LogP contribution in [0.15, 0.2) is 48.8 Å². The van der Waals surface area contributed by atoms with E-state index in [4.69, 9.17) is 4.74 Å². The Bertz CT molecular complexity index is 500. The van der Waals surface area contributed by atoms with Crippen LogP contribution in [0.4, 0.5) is 0 Å². The van der Waals surface area contributed by atoms with Gasteiger partial charge in [0, 0.05) is 36.6 Å². The first-order valence-corrected chi connectivity index (χ1v) is 6.30. The molecule has 0 aliphatic carbocycles. The Hall–Kier alpha value is -2.23.